The van der Waals surface area contributed by atoms with Gasteiger partial charge in [-0.2, -0.15) is 0 Å². The second-order valence-corrected chi connectivity index (χ2v) is 13.3. The predicted octanol–water partition coefficient (Wildman–Crippen LogP) is 11.6. The number of thiophene rings is 2. The van der Waals surface area contributed by atoms with Crippen molar-refractivity contribution >= 4 is 44.5 Å². The molecule has 0 saturated carbocycles. The van der Waals surface area contributed by atoms with E-state index in [0.717, 1.165) is 24.5 Å². The normalized spacial score (nSPS) is 11.6. The van der Waals surface area contributed by atoms with Crippen LogP contribution in [0.15, 0.2) is 84.9 Å². The van der Waals surface area contributed by atoms with E-state index >= 15 is 0 Å². The highest BCUT2D eigenvalue weighted by molar-refractivity contribution is 7.15. The summed E-state index contributed by atoms with van der Waals surface area (Å²) >= 11 is 3.71. The molecule has 4 heteroatoms. The fourth-order valence-electron chi connectivity index (χ4n) is 5.55. The molecule has 0 saturated heterocycles. The van der Waals surface area contributed by atoms with Crippen LogP contribution in [-0.2, 0) is 0 Å². The highest BCUT2D eigenvalue weighted by Gasteiger charge is 2.15. The first kappa shape index (κ1) is 26.9. The topological polar surface area (TPSA) is 14.2 Å². The molecule has 0 amide bonds. The second-order valence-electron chi connectivity index (χ2n) is 10.7. The molecule has 0 fully saturated rings. The van der Waals surface area contributed by atoms with Crippen LogP contribution in [0.1, 0.15) is 55.2 Å². The zero-order valence-electron chi connectivity index (χ0n) is 23.7. The van der Waals surface area contributed by atoms with Gasteiger partial charge in [-0.05, 0) is 104 Å². The van der Waals surface area contributed by atoms with Crippen molar-refractivity contribution in [2.75, 3.05) is 6.61 Å². The van der Waals surface area contributed by atoms with Crippen molar-refractivity contribution in [2.24, 2.45) is 0 Å². The van der Waals surface area contributed by atoms with Gasteiger partial charge in [0, 0.05) is 36.0 Å². The number of ether oxygens (including phenoxy) is 1. The van der Waals surface area contributed by atoms with E-state index in [1.54, 1.807) is 0 Å². The molecular formula is C36H37NOS2. The van der Waals surface area contributed by atoms with Crippen LogP contribution in [0, 0.1) is 13.8 Å². The smallest absolute Gasteiger partial charge is 0.119 e. The number of fused-ring (bicyclic) bond motifs is 3. The summed E-state index contributed by atoms with van der Waals surface area (Å²) in [5.41, 5.74) is 6.17. The molecule has 0 aliphatic rings. The standard InChI is InChI=1S/C36H37NOS2/c1-4-5-6-7-8-9-22-38-30-16-14-29(15-17-30)37-33-18-12-27(35-20-10-25(2)39-35)23-31(33)32-24-28(13-19-34(32)37)36-21-11-26(3)40-36/h10-21,23-24H,4-9,22H2,1-3H3. The van der Waals surface area contributed by atoms with E-state index in [0.29, 0.717) is 0 Å². The second kappa shape index (κ2) is 12.0. The Morgan fingerprint density at radius 1 is 0.600 bits per heavy atom. The van der Waals surface area contributed by atoms with Crippen LogP contribution in [0.3, 0.4) is 0 Å². The Morgan fingerprint density at radius 2 is 1.15 bits per heavy atom. The molecule has 6 rings (SSSR count). The Morgan fingerprint density at radius 3 is 1.68 bits per heavy atom. The third-order valence-corrected chi connectivity index (χ3v) is 9.78. The van der Waals surface area contributed by atoms with Crippen molar-refractivity contribution in [3.8, 4) is 32.3 Å². The van der Waals surface area contributed by atoms with Gasteiger partial charge < -0.3 is 9.30 Å². The van der Waals surface area contributed by atoms with Crippen LogP contribution in [0.4, 0.5) is 0 Å². The van der Waals surface area contributed by atoms with Gasteiger partial charge in [0.15, 0.2) is 0 Å². The van der Waals surface area contributed by atoms with Gasteiger partial charge in [0.2, 0.25) is 0 Å². The van der Waals surface area contributed by atoms with Crippen LogP contribution >= 0.6 is 22.7 Å². The van der Waals surface area contributed by atoms with Gasteiger partial charge in [-0.1, -0.05) is 51.2 Å². The van der Waals surface area contributed by atoms with Gasteiger partial charge in [0.05, 0.1) is 17.6 Å². The minimum absolute atomic E-state index is 0.788. The SMILES string of the molecule is CCCCCCCCOc1ccc(-n2c3ccc(-c4ccc(C)s4)cc3c3cc(-c4ccc(C)s4)ccc32)cc1. The summed E-state index contributed by atoms with van der Waals surface area (Å²) in [4.78, 5) is 5.31. The molecule has 0 atom stereocenters. The molecule has 3 heterocycles. The lowest BCUT2D eigenvalue weighted by atomic mass is 10.1. The van der Waals surface area contributed by atoms with Crippen LogP contribution in [0.2, 0.25) is 0 Å². The number of hydrogen-bond donors (Lipinski definition) is 0. The molecule has 0 aliphatic heterocycles. The van der Waals surface area contributed by atoms with Gasteiger partial charge in [0.25, 0.3) is 0 Å². The van der Waals surface area contributed by atoms with Crippen LogP contribution in [0.25, 0.3) is 48.4 Å². The molecule has 0 radical (unpaired) electrons. The summed E-state index contributed by atoms with van der Waals surface area (Å²) < 4.78 is 8.48. The lowest BCUT2D eigenvalue weighted by Crippen LogP contribution is -1.98. The number of rotatable bonds is 11. The summed E-state index contributed by atoms with van der Waals surface area (Å²) in [6, 6.07) is 31.4. The van der Waals surface area contributed by atoms with E-state index < -0.39 is 0 Å². The maximum absolute atomic E-state index is 6.09. The lowest BCUT2D eigenvalue weighted by molar-refractivity contribution is 0.304. The molecule has 0 aliphatic carbocycles. The van der Waals surface area contributed by atoms with Crippen LogP contribution in [-0.4, -0.2) is 11.2 Å². The van der Waals surface area contributed by atoms with E-state index in [-0.39, 0.29) is 0 Å². The molecule has 2 nitrogen and oxygen atoms in total. The summed E-state index contributed by atoms with van der Waals surface area (Å²) in [7, 11) is 0. The zero-order valence-corrected chi connectivity index (χ0v) is 25.3. The summed E-state index contributed by atoms with van der Waals surface area (Å²) in [5, 5.41) is 2.58. The summed E-state index contributed by atoms with van der Waals surface area (Å²) in [5.74, 6) is 0.948. The van der Waals surface area contributed by atoms with Crippen molar-refractivity contribution in [2.45, 2.75) is 59.3 Å². The predicted molar refractivity (Wildman–Crippen MR) is 176 cm³/mol. The van der Waals surface area contributed by atoms with E-state index in [4.69, 9.17) is 4.74 Å². The molecule has 204 valence electrons. The quantitative estimate of drug-likeness (QED) is 0.143. The molecule has 0 N–H and O–H groups in total. The molecule has 6 aromatic rings. The van der Waals surface area contributed by atoms with Gasteiger partial charge in [0.1, 0.15) is 5.75 Å². The van der Waals surface area contributed by atoms with Crippen molar-refractivity contribution < 1.29 is 4.74 Å². The van der Waals surface area contributed by atoms with Crippen molar-refractivity contribution in [3.63, 3.8) is 0 Å². The maximum atomic E-state index is 6.09. The van der Waals surface area contributed by atoms with Crippen LogP contribution < -0.4 is 4.74 Å². The van der Waals surface area contributed by atoms with E-state index in [1.807, 2.05) is 22.7 Å². The highest BCUT2D eigenvalue weighted by atomic mass is 32.1. The Hall–Kier alpha value is -3.34. The average molecular weight is 564 g/mol. The molecular weight excluding hydrogens is 527 g/mol. The van der Waals surface area contributed by atoms with Crippen LogP contribution in [0.5, 0.6) is 5.75 Å². The first-order chi connectivity index (χ1) is 19.6. The number of hydrogen-bond acceptors (Lipinski definition) is 3. The third-order valence-electron chi connectivity index (χ3n) is 7.68. The highest BCUT2D eigenvalue weighted by Crippen LogP contribution is 2.39. The van der Waals surface area contributed by atoms with E-state index in [1.165, 1.54) is 84.5 Å². The van der Waals surface area contributed by atoms with Gasteiger partial charge in [-0.3, -0.25) is 0 Å². The monoisotopic (exact) mass is 563 g/mol. The summed E-state index contributed by atoms with van der Waals surface area (Å²) in [6.45, 7) is 7.40. The lowest BCUT2D eigenvalue weighted by Gasteiger charge is -2.11. The molecule has 0 bridgehead atoms. The fraction of sp³-hybridized carbons (Fsp3) is 0.278. The van der Waals surface area contributed by atoms with E-state index in [9.17, 15) is 0 Å². The molecule has 3 aromatic carbocycles. The molecule has 40 heavy (non-hydrogen) atoms. The molecule has 3 aromatic heterocycles. The first-order valence-electron chi connectivity index (χ1n) is 14.6. The Balaban J connectivity index is 1.35. The molecule has 0 unspecified atom stereocenters. The Labute approximate surface area is 245 Å². The van der Waals surface area contributed by atoms with E-state index in [2.05, 4.69) is 110 Å². The fourth-order valence-corrected chi connectivity index (χ4v) is 7.28. The van der Waals surface area contributed by atoms with Crippen molar-refractivity contribution in [1.82, 2.24) is 4.57 Å². The maximum Gasteiger partial charge on any atom is 0.119 e. The number of nitrogens with zero attached hydrogens (tertiary/aromatic N) is 1. The minimum atomic E-state index is 0.788. The number of benzene rings is 3. The summed E-state index contributed by atoms with van der Waals surface area (Å²) in [6.07, 6.45) is 7.66. The third kappa shape index (κ3) is 5.61. The van der Waals surface area contributed by atoms with Gasteiger partial charge in [-0.25, -0.2) is 0 Å². The van der Waals surface area contributed by atoms with Gasteiger partial charge in [-0.15, -0.1) is 22.7 Å². The number of aryl methyl sites for hydroxylation is 2. The zero-order chi connectivity index (χ0) is 27.5. The molecule has 0 spiro atoms. The number of unbranched alkanes of at least 4 members (excludes halogenated alkanes) is 5. The Bertz CT molecular complexity index is 1640. The van der Waals surface area contributed by atoms with Crippen molar-refractivity contribution in [1.29, 1.82) is 0 Å². The Kier molecular flexibility index (Phi) is 8.08. The largest absolute Gasteiger partial charge is 0.494 e. The average Bonchev–Trinajstić information content (AvgIpc) is 3.69. The first-order valence-corrected chi connectivity index (χ1v) is 16.2. The minimum Gasteiger partial charge on any atom is -0.494 e. The van der Waals surface area contributed by atoms with Crippen molar-refractivity contribution in [3.05, 3.63) is 94.7 Å². The van der Waals surface area contributed by atoms with Gasteiger partial charge >= 0.3 is 0 Å². The number of aromatic nitrogens is 1.